The summed E-state index contributed by atoms with van der Waals surface area (Å²) in [5.74, 6) is -0.398. The molecule has 0 saturated heterocycles. The van der Waals surface area contributed by atoms with Gasteiger partial charge in [0.05, 0.1) is 11.1 Å². The van der Waals surface area contributed by atoms with Gasteiger partial charge < -0.3 is 10.2 Å². The van der Waals surface area contributed by atoms with Crippen LogP contribution in [-0.2, 0) is 6.42 Å². The second-order valence-electron chi connectivity index (χ2n) is 6.05. The van der Waals surface area contributed by atoms with Crippen molar-refractivity contribution in [3.8, 4) is 0 Å². The molecule has 0 unspecified atom stereocenters. The topological polar surface area (TPSA) is 62.3 Å². The Morgan fingerprint density at radius 3 is 2.40 bits per heavy atom. The van der Waals surface area contributed by atoms with Crippen molar-refractivity contribution in [2.75, 3.05) is 18.9 Å². The maximum absolute atomic E-state index is 12.4. The third kappa shape index (κ3) is 5.14. The van der Waals surface area contributed by atoms with Crippen LogP contribution in [0.15, 0.2) is 42.7 Å². The number of carbonyl (C=O) groups excluding carboxylic acids is 2. The van der Waals surface area contributed by atoms with E-state index in [4.69, 9.17) is 0 Å². The lowest BCUT2D eigenvalue weighted by Gasteiger charge is -2.16. The molecular weight excluding hydrogens is 314 g/mol. The Balaban J connectivity index is 2.08. The van der Waals surface area contributed by atoms with Crippen molar-refractivity contribution < 1.29 is 9.59 Å². The summed E-state index contributed by atoms with van der Waals surface area (Å²) in [6.45, 7) is 4.85. The highest BCUT2D eigenvalue weighted by Crippen LogP contribution is 2.13. The number of benzene rings is 1. The van der Waals surface area contributed by atoms with E-state index in [1.165, 1.54) is 18.0 Å². The number of pyridine rings is 1. The molecule has 0 aliphatic carbocycles. The highest BCUT2D eigenvalue weighted by Gasteiger charge is 2.14. The van der Waals surface area contributed by atoms with E-state index in [0.717, 1.165) is 24.9 Å². The number of aromatic nitrogens is 1. The van der Waals surface area contributed by atoms with E-state index in [9.17, 15) is 9.59 Å². The summed E-state index contributed by atoms with van der Waals surface area (Å²) >= 11 is 0. The van der Waals surface area contributed by atoms with Crippen molar-refractivity contribution in [1.29, 1.82) is 0 Å². The first-order chi connectivity index (χ1) is 12.0. The van der Waals surface area contributed by atoms with Gasteiger partial charge in [-0.3, -0.25) is 14.6 Å². The van der Waals surface area contributed by atoms with E-state index < -0.39 is 0 Å². The first-order valence-electron chi connectivity index (χ1n) is 8.66. The molecule has 132 valence electrons. The van der Waals surface area contributed by atoms with E-state index in [2.05, 4.69) is 24.1 Å². The molecule has 0 aliphatic rings. The molecule has 2 rings (SSSR count). The minimum atomic E-state index is -0.275. The third-order valence-corrected chi connectivity index (χ3v) is 4.06. The predicted octanol–water partition coefficient (Wildman–Crippen LogP) is 3.77. The lowest BCUT2D eigenvalue weighted by Crippen LogP contribution is -2.28. The van der Waals surface area contributed by atoms with Crippen LogP contribution in [0, 0.1) is 0 Å². The van der Waals surface area contributed by atoms with Gasteiger partial charge in [0.15, 0.2) is 0 Å². The summed E-state index contributed by atoms with van der Waals surface area (Å²) in [4.78, 5) is 30.5. The number of nitrogens with zero attached hydrogens (tertiary/aromatic N) is 2. The van der Waals surface area contributed by atoms with Crippen molar-refractivity contribution in [2.45, 2.75) is 33.1 Å². The number of unbranched alkanes of at least 4 members (excludes halogenated alkanes) is 1. The van der Waals surface area contributed by atoms with Crippen LogP contribution >= 0.6 is 0 Å². The molecule has 0 aliphatic heterocycles. The lowest BCUT2D eigenvalue weighted by atomic mass is 10.1. The van der Waals surface area contributed by atoms with E-state index in [-0.39, 0.29) is 11.8 Å². The van der Waals surface area contributed by atoms with Gasteiger partial charge in [-0.15, -0.1) is 0 Å². The minimum Gasteiger partial charge on any atom is -0.342 e. The van der Waals surface area contributed by atoms with Crippen molar-refractivity contribution in [3.63, 3.8) is 0 Å². The van der Waals surface area contributed by atoms with Gasteiger partial charge in [-0.05, 0) is 36.6 Å². The highest BCUT2D eigenvalue weighted by molar-refractivity contribution is 6.05. The SMILES string of the molecule is CCCCN(C)C(=O)c1cncc(C(=O)Nc2ccc(CC)cc2)c1. The maximum atomic E-state index is 12.4. The summed E-state index contributed by atoms with van der Waals surface area (Å²) in [7, 11) is 1.76. The smallest absolute Gasteiger partial charge is 0.257 e. The summed E-state index contributed by atoms with van der Waals surface area (Å²) in [5, 5.41) is 2.84. The van der Waals surface area contributed by atoms with Crippen molar-refractivity contribution >= 4 is 17.5 Å². The number of carbonyl (C=O) groups is 2. The second-order valence-corrected chi connectivity index (χ2v) is 6.05. The van der Waals surface area contributed by atoms with Gasteiger partial charge in [-0.1, -0.05) is 32.4 Å². The monoisotopic (exact) mass is 339 g/mol. The van der Waals surface area contributed by atoms with E-state index in [1.807, 2.05) is 24.3 Å². The van der Waals surface area contributed by atoms with Gasteiger partial charge in [-0.25, -0.2) is 0 Å². The number of hydrogen-bond donors (Lipinski definition) is 1. The fourth-order valence-electron chi connectivity index (χ4n) is 2.43. The van der Waals surface area contributed by atoms with Crippen LogP contribution in [0.1, 0.15) is 53.0 Å². The molecule has 0 bridgehead atoms. The average Bonchev–Trinajstić information content (AvgIpc) is 2.66. The molecule has 1 aromatic carbocycles. The van der Waals surface area contributed by atoms with Crippen molar-refractivity contribution in [3.05, 3.63) is 59.4 Å². The lowest BCUT2D eigenvalue weighted by molar-refractivity contribution is 0.0793. The van der Waals surface area contributed by atoms with E-state index in [0.29, 0.717) is 17.7 Å². The molecular formula is C20H25N3O2. The molecule has 5 nitrogen and oxygen atoms in total. The molecule has 1 aromatic heterocycles. The Morgan fingerprint density at radius 1 is 1.08 bits per heavy atom. The Morgan fingerprint density at radius 2 is 1.76 bits per heavy atom. The highest BCUT2D eigenvalue weighted by atomic mass is 16.2. The van der Waals surface area contributed by atoms with Crippen molar-refractivity contribution in [2.24, 2.45) is 0 Å². The van der Waals surface area contributed by atoms with Crippen LogP contribution in [0.2, 0.25) is 0 Å². The van der Waals surface area contributed by atoms with Gasteiger partial charge in [0, 0.05) is 31.7 Å². The zero-order valence-corrected chi connectivity index (χ0v) is 15.1. The van der Waals surface area contributed by atoms with Crippen molar-refractivity contribution in [1.82, 2.24) is 9.88 Å². The molecule has 1 heterocycles. The standard InChI is InChI=1S/C20H25N3O2/c1-4-6-11-23(3)20(25)17-12-16(13-21-14-17)19(24)22-18-9-7-15(5-2)8-10-18/h7-10,12-14H,4-6,11H2,1-3H3,(H,22,24). The molecule has 2 amide bonds. The number of aryl methyl sites for hydroxylation is 1. The van der Waals surface area contributed by atoms with Crippen LogP contribution < -0.4 is 5.32 Å². The fourth-order valence-corrected chi connectivity index (χ4v) is 2.43. The number of nitrogens with one attached hydrogen (secondary N) is 1. The van der Waals surface area contributed by atoms with Crippen LogP contribution in [0.5, 0.6) is 0 Å². The summed E-state index contributed by atoms with van der Waals surface area (Å²) in [6.07, 6.45) is 5.89. The normalized spacial score (nSPS) is 10.4. The Labute approximate surface area is 149 Å². The largest absolute Gasteiger partial charge is 0.342 e. The van der Waals surface area contributed by atoms with Crippen LogP contribution in [0.4, 0.5) is 5.69 Å². The molecule has 0 radical (unpaired) electrons. The quantitative estimate of drug-likeness (QED) is 0.835. The minimum absolute atomic E-state index is 0.122. The van der Waals surface area contributed by atoms with Gasteiger partial charge in [0.1, 0.15) is 0 Å². The Kier molecular flexibility index (Phi) is 6.69. The summed E-state index contributed by atoms with van der Waals surface area (Å²) in [5.41, 5.74) is 2.73. The number of amides is 2. The molecule has 0 saturated carbocycles. The number of anilines is 1. The predicted molar refractivity (Wildman–Crippen MR) is 99.9 cm³/mol. The zero-order chi connectivity index (χ0) is 18.2. The molecule has 0 spiro atoms. The van der Waals surface area contributed by atoms with Gasteiger partial charge >= 0.3 is 0 Å². The average molecular weight is 339 g/mol. The summed E-state index contributed by atoms with van der Waals surface area (Å²) in [6, 6.07) is 9.30. The molecule has 25 heavy (non-hydrogen) atoms. The van der Waals surface area contributed by atoms with Crippen LogP contribution in [0.25, 0.3) is 0 Å². The fraction of sp³-hybridized carbons (Fsp3) is 0.350. The Bertz CT molecular complexity index is 726. The van der Waals surface area contributed by atoms with Gasteiger partial charge in [0.2, 0.25) is 0 Å². The molecule has 0 atom stereocenters. The molecule has 0 fully saturated rings. The van der Waals surface area contributed by atoms with Crippen LogP contribution in [-0.4, -0.2) is 35.3 Å². The van der Waals surface area contributed by atoms with Gasteiger partial charge in [0.25, 0.3) is 11.8 Å². The molecule has 5 heteroatoms. The summed E-state index contributed by atoms with van der Waals surface area (Å²) < 4.78 is 0. The van der Waals surface area contributed by atoms with E-state index in [1.54, 1.807) is 18.0 Å². The van der Waals surface area contributed by atoms with E-state index >= 15 is 0 Å². The molecule has 1 N–H and O–H groups in total. The number of hydrogen-bond acceptors (Lipinski definition) is 3. The Hall–Kier alpha value is -2.69. The maximum Gasteiger partial charge on any atom is 0.257 e. The second kappa shape index (κ2) is 8.97. The molecule has 2 aromatic rings. The van der Waals surface area contributed by atoms with Crippen LogP contribution in [0.3, 0.4) is 0 Å². The zero-order valence-electron chi connectivity index (χ0n) is 15.1. The first-order valence-corrected chi connectivity index (χ1v) is 8.66. The van der Waals surface area contributed by atoms with Gasteiger partial charge in [-0.2, -0.15) is 0 Å². The number of rotatable bonds is 7. The first kappa shape index (κ1) is 18.6. The third-order valence-electron chi connectivity index (χ3n) is 4.06.